The molecule has 0 aliphatic carbocycles. The van der Waals surface area contributed by atoms with Crippen molar-refractivity contribution in [2.75, 3.05) is 0 Å². The molecule has 134 valence electrons. The number of hydrogen-bond acceptors (Lipinski definition) is 3. The van der Waals surface area contributed by atoms with Gasteiger partial charge < -0.3 is 17.2 Å². The molecule has 2 heterocycles. The summed E-state index contributed by atoms with van der Waals surface area (Å²) < 4.78 is 3.47. The van der Waals surface area contributed by atoms with E-state index < -0.39 is 0 Å². The van der Waals surface area contributed by atoms with E-state index in [9.17, 15) is 10.1 Å². The topological polar surface area (TPSA) is 49.7 Å². The maximum atomic E-state index is 13.3. The van der Waals surface area contributed by atoms with Crippen molar-refractivity contribution < 1.29 is 4.57 Å². The SMILES string of the molecule is N#Cc1c(-c2ccccc2)n(-c2ccccc2)c([S-])c(-[n+]2ccccc2)c1=O. The fourth-order valence-electron chi connectivity index (χ4n) is 3.21. The molecule has 2 aromatic carbocycles. The smallest absolute Gasteiger partial charge is 0.269 e. The van der Waals surface area contributed by atoms with E-state index in [2.05, 4.69) is 6.07 Å². The Hall–Kier alpha value is -3.75. The Labute approximate surface area is 168 Å². The lowest BCUT2D eigenvalue weighted by atomic mass is 10.0. The third kappa shape index (κ3) is 2.96. The van der Waals surface area contributed by atoms with Crippen LogP contribution >= 0.6 is 0 Å². The number of nitrogens with zero attached hydrogens (tertiary/aromatic N) is 3. The van der Waals surface area contributed by atoms with Gasteiger partial charge in [0.25, 0.3) is 11.1 Å². The van der Waals surface area contributed by atoms with E-state index in [0.717, 1.165) is 11.3 Å². The minimum atomic E-state index is -0.380. The average Bonchev–Trinajstić information content (AvgIpc) is 2.75. The van der Waals surface area contributed by atoms with Gasteiger partial charge in [-0.05, 0) is 22.7 Å². The van der Waals surface area contributed by atoms with Crippen LogP contribution in [-0.2, 0) is 12.6 Å². The predicted molar refractivity (Wildman–Crippen MR) is 109 cm³/mol. The summed E-state index contributed by atoms with van der Waals surface area (Å²) in [4.78, 5) is 13.3. The molecular formula is C23H15N3OS. The molecule has 0 spiro atoms. The number of benzene rings is 2. The van der Waals surface area contributed by atoms with Gasteiger partial charge in [0.1, 0.15) is 11.6 Å². The zero-order valence-corrected chi connectivity index (χ0v) is 15.6. The number of aromatic nitrogens is 2. The van der Waals surface area contributed by atoms with Crippen LogP contribution < -0.4 is 10.00 Å². The van der Waals surface area contributed by atoms with Gasteiger partial charge in [0, 0.05) is 17.8 Å². The first kappa shape index (κ1) is 17.7. The van der Waals surface area contributed by atoms with E-state index in [4.69, 9.17) is 12.6 Å². The summed E-state index contributed by atoms with van der Waals surface area (Å²) >= 11 is 5.77. The van der Waals surface area contributed by atoms with Crippen LogP contribution in [0.25, 0.3) is 22.6 Å². The molecule has 0 aliphatic rings. The van der Waals surface area contributed by atoms with Gasteiger partial charge in [-0.25, -0.2) is 0 Å². The highest BCUT2D eigenvalue weighted by molar-refractivity contribution is 7.58. The van der Waals surface area contributed by atoms with E-state index >= 15 is 0 Å². The summed E-state index contributed by atoms with van der Waals surface area (Å²) in [6, 6.07) is 26.5. The third-order valence-electron chi connectivity index (χ3n) is 4.46. The van der Waals surface area contributed by atoms with Gasteiger partial charge in [0.2, 0.25) is 0 Å². The van der Waals surface area contributed by atoms with Crippen molar-refractivity contribution in [3.63, 3.8) is 0 Å². The number of pyridine rings is 2. The van der Waals surface area contributed by atoms with Crippen LogP contribution in [0.4, 0.5) is 0 Å². The average molecular weight is 381 g/mol. The lowest BCUT2D eigenvalue weighted by Crippen LogP contribution is -2.39. The monoisotopic (exact) mass is 381 g/mol. The highest BCUT2D eigenvalue weighted by Crippen LogP contribution is 2.28. The Balaban J connectivity index is 2.19. The molecule has 4 nitrogen and oxygen atoms in total. The van der Waals surface area contributed by atoms with Gasteiger partial charge in [0.15, 0.2) is 12.4 Å². The summed E-state index contributed by atoms with van der Waals surface area (Å²) in [5, 5.41) is 10.2. The van der Waals surface area contributed by atoms with Gasteiger partial charge in [-0.1, -0.05) is 54.6 Å². The van der Waals surface area contributed by atoms with Gasteiger partial charge in [-0.15, -0.1) is 0 Å². The van der Waals surface area contributed by atoms with Crippen molar-refractivity contribution in [3.8, 4) is 28.7 Å². The molecule has 0 bridgehead atoms. The molecule has 0 radical (unpaired) electrons. The number of para-hydroxylation sites is 1. The van der Waals surface area contributed by atoms with Crippen molar-refractivity contribution >= 4 is 12.6 Å². The van der Waals surface area contributed by atoms with Crippen LogP contribution in [0.1, 0.15) is 5.56 Å². The molecule has 0 atom stereocenters. The van der Waals surface area contributed by atoms with Crippen molar-refractivity contribution in [2.45, 2.75) is 5.03 Å². The molecule has 2 aromatic heterocycles. The van der Waals surface area contributed by atoms with Gasteiger partial charge in [-0.3, -0.25) is 4.79 Å². The van der Waals surface area contributed by atoms with Crippen molar-refractivity contribution in [1.29, 1.82) is 5.26 Å². The first-order chi connectivity index (χ1) is 13.7. The first-order valence-electron chi connectivity index (χ1n) is 8.70. The van der Waals surface area contributed by atoms with Crippen LogP contribution in [0.3, 0.4) is 0 Å². The molecular weight excluding hydrogens is 366 g/mol. The van der Waals surface area contributed by atoms with Gasteiger partial charge in [0.05, 0.1) is 5.69 Å². The molecule has 4 aromatic rings. The maximum Gasteiger partial charge on any atom is 0.269 e. The van der Waals surface area contributed by atoms with Gasteiger partial charge in [-0.2, -0.15) is 9.83 Å². The number of hydrogen-bond donors (Lipinski definition) is 0. The summed E-state index contributed by atoms with van der Waals surface area (Å²) in [6.07, 6.45) is 3.51. The molecule has 28 heavy (non-hydrogen) atoms. The Kier molecular flexibility index (Phi) is 4.71. The van der Waals surface area contributed by atoms with Crippen LogP contribution in [0.2, 0.25) is 0 Å². The normalized spacial score (nSPS) is 10.4. The molecule has 0 fully saturated rings. The first-order valence-corrected chi connectivity index (χ1v) is 9.11. The molecule has 4 rings (SSSR count). The quantitative estimate of drug-likeness (QED) is 0.403. The molecule has 0 unspecified atom stereocenters. The van der Waals surface area contributed by atoms with Crippen LogP contribution in [0.15, 0.2) is 101 Å². The van der Waals surface area contributed by atoms with E-state index in [-0.39, 0.29) is 16.7 Å². The van der Waals surface area contributed by atoms with E-state index in [1.807, 2.05) is 78.9 Å². The van der Waals surface area contributed by atoms with Crippen molar-refractivity contribution in [1.82, 2.24) is 4.57 Å². The zero-order chi connectivity index (χ0) is 19.5. The Morgan fingerprint density at radius 1 is 0.857 bits per heavy atom. The summed E-state index contributed by atoms with van der Waals surface area (Å²) in [5.74, 6) is 0. The highest BCUT2D eigenvalue weighted by Gasteiger charge is 2.24. The predicted octanol–water partition coefficient (Wildman–Crippen LogP) is 3.56. The van der Waals surface area contributed by atoms with Crippen LogP contribution in [0, 0.1) is 11.3 Å². The number of rotatable bonds is 3. The lowest BCUT2D eigenvalue weighted by molar-refractivity contribution is -0.599. The minimum Gasteiger partial charge on any atom is -0.755 e. The fourth-order valence-corrected chi connectivity index (χ4v) is 3.61. The molecule has 5 heteroatoms. The highest BCUT2D eigenvalue weighted by atomic mass is 32.1. The second-order valence-corrected chi connectivity index (χ2v) is 6.52. The Bertz CT molecular complexity index is 1230. The molecule has 0 saturated carbocycles. The lowest BCUT2D eigenvalue weighted by Gasteiger charge is -2.24. The maximum absolute atomic E-state index is 13.3. The van der Waals surface area contributed by atoms with Crippen LogP contribution in [0.5, 0.6) is 0 Å². The third-order valence-corrected chi connectivity index (χ3v) is 4.83. The standard InChI is InChI=1S/C23H15N3OS/c24-16-19-20(17-10-4-1-5-11-17)26(18-12-6-2-7-13-18)23(28)21(22(19)27)25-14-8-3-9-15-25/h1-15H. The molecule has 0 N–H and O–H groups in total. The van der Waals surface area contributed by atoms with Gasteiger partial charge >= 0.3 is 0 Å². The zero-order valence-electron chi connectivity index (χ0n) is 14.8. The molecule has 0 amide bonds. The molecule has 0 saturated heterocycles. The van der Waals surface area contributed by atoms with E-state index in [0.29, 0.717) is 10.7 Å². The second kappa shape index (κ2) is 7.47. The summed E-state index contributed by atoms with van der Waals surface area (Å²) in [7, 11) is 0. The summed E-state index contributed by atoms with van der Waals surface area (Å²) in [5.41, 5.74) is 2.03. The van der Waals surface area contributed by atoms with Crippen LogP contribution in [-0.4, -0.2) is 4.57 Å². The van der Waals surface area contributed by atoms with E-state index in [1.165, 1.54) is 0 Å². The Morgan fingerprint density at radius 2 is 1.43 bits per heavy atom. The number of nitriles is 1. The second-order valence-electron chi connectivity index (χ2n) is 6.14. The fraction of sp³-hybridized carbons (Fsp3) is 0. The van der Waals surface area contributed by atoms with Crippen molar-refractivity contribution in [3.05, 3.63) is 107 Å². The van der Waals surface area contributed by atoms with E-state index in [1.54, 1.807) is 21.5 Å². The van der Waals surface area contributed by atoms with Crippen molar-refractivity contribution in [2.24, 2.45) is 0 Å². The Morgan fingerprint density at radius 3 is 2.04 bits per heavy atom. The minimum absolute atomic E-state index is 0.0648. The largest absolute Gasteiger partial charge is 0.755 e. The summed E-state index contributed by atoms with van der Waals surface area (Å²) in [6.45, 7) is 0. The molecule has 0 aliphatic heterocycles.